The zero-order valence-electron chi connectivity index (χ0n) is 18.1. The number of aromatic nitrogens is 4. The Labute approximate surface area is 189 Å². The number of anilines is 1. The van der Waals surface area contributed by atoms with Crippen LogP contribution in [0.2, 0.25) is 0 Å². The van der Waals surface area contributed by atoms with Crippen LogP contribution in [-0.2, 0) is 11.3 Å². The Kier molecular flexibility index (Phi) is 5.87. The van der Waals surface area contributed by atoms with Gasteiger partial charge in [-0.05, 0) is 6.07 Å². The molecule has 170 valence electrons. The molecule has 4 aromatic rings. The van der Waals surface area contributed by atoms with Crippen molar-refractivity contribution >= 4 is 16.6 Å². The first-order chi connectivity index (χ1) is 16.1. The van der Waals surface area contributed by atoms with Gasteiger partial charge in [-0.2, -0.15) is 5.10 Å². The Morgan fingerprint density at radius 3 is 2.58 bits per heavy atom. The molecule has 1 saturated heterocycles. The van der Waals surface area contributed by atoms with Gasteiger partial charge >= 0.3 is 0 Å². The van der Waals surface area contributed by atoms with E-state index in [1.54, 1.807) is 13.3 Å². The third-order valence-corrected chi connectivity index (χ3v) is 5.68. The average molecular weight is 451 g/mol. The first-order valence-corrected chi connectivity index (χ1v) is 10.7. The highest BCUT2D eigenvalue weighted by Crippen LogP contribution is 2.38. The summed E-state index contributed by atoms with van der Waals surface area (Å²) in [4.78, 5) is 11.2. The summed E-state index contributed by atoms with van der Waals surface area (Å²) < 4.78 is 38.7. The minimum absolute atomic E-state index is 0.490. The van der Waals surface area contributed by atoms with E-state index in [1.165, 1.54) is 11.0 Å². The van der Waals surface area contributed by atoms with Gasteiger partial charge in [0, 0.05) is 41.9 Å². The molecule has 0 aliphatic carbocycles. The number of methoxy groups -OCH3 is 1. The van der Waals surface area contributed by atoms with Gasteiger partial charge < -0.3 is 14.4 Å². The van der Waals surface area contributed by atoms with Gasteiger partial charge in [0.2, 0.25) is 0 Å². The van der Waals surface area contributed by atoms with Crippen molar-refractivity contribution in [1.29, 1.82) is 0 Å². The van der Waals surface area contributed by atoms with Gasteiger partial charge in [-0.1, -0.05) is 30.3 Å². The molecule has 0 bridgehead atoms. The second-order valence-corrected chi connectivity index (χ2v) is 7.73. The molecule has 7 nitrogen and oxygen atoms in total. The summed E-state index contributed by atoms with van der Waals surface area (Å²) in [7, 11) is 1.63. The predicted octanol–water partition coefficient (Wildman–Crippen LogP) is 4.27. The van der Waals surface area contributed by atoms with Crippen LogP contribution in [0.4, 0.5) is 14.5 Å². The normalized spacial score (nSPS) is 14.2. The number of ether oxygens (including phenoxy) is 2. The van der Waals surface area contributed by atoms with E-state index in [9.17, 15) is 8.78 Å². The lowest BCUT2D eigenvalue weighted by molar-refractivity contribution is 0.122. The predicted molar refractivity (Wildman–Crippen MR) is 122 cm³/mol. The fraction of sp³-hybridized carbons (Fsp3) is 0.292. The largest absolute Gasteiger partial charge is 0.495 e. The van der Waals surface area contributed by atoms with E-state index >= 15 is 0 Å². The van der Waals surface area contributed by atoms with E-state index in [0.717, 1.165) is 29.7 Å². The number of nitrogens with zero attached hydrogens (tertiary/aromatic N) is 5. The van der Waals surface area contributed by atoms with Crippen LogP contribution in [0.1, 0.15) is 0 Å². The molecule has 33 heavy (non-hydrogen) atoms. The minimum Gasteiger partial charge on any atom is -0.495 e. The second kappa shape index (κ2) is 9.11. The fourth-order valence-electron chi connectivity index (χ4n) is 4.14. The highest BCUT2D eigenvalue weighted by molar-refractivity contribution is 5.98. The van der Waals surface area contributed by atoms with Crippen molar-refractivity contribution in [3.63, 3.8) is 0 Å². The third-order valence-electron chi connectivity index (χ3n) is 5.68. The van der Waals surface area contributed by atoms with Crippen molar-refractivity contribution in [3.8, 4) is 28.3 Å². The van der Waals surface area contributed by atoms with Gasteiger partial charge in [-0.3, -0.25) is 4.68 Å². The van der Waals surface area contributed by atoms with Crippen LogP contribution in [0.5, 0.6) is 5.75 Å². The molecule has 0 N–H and O–H groups in total. The maximum absolute atomic E-state index is 13.1. The summed E-state index contributed by atoms with van der Waals surface area (Å²) in [6.45, 7) is 2.27. The molecule has 1 fully saturated rings. The van der Waals surface area contributed by atoms with Crippen LogP contribution in [0, 0.1) is 0 Å². The minimum atomic E-state index is -2.51. The fourth-order valence-corrected chi connectivity index (χ4v) is 4.14. The van der Waals surface area contributed by atoms with Crippen LogP contribution in [-0.4, -0.2) is 59.6 Å². The van der Waals surface area contributed by atoms with Crippen molar-refractivity contribution in [2.24, 2.45) is 0 Å². The van der Waals surface area contributed by atoms with Crippen LogP contribution >= 0.6 is 0 Å². The van der Waals surface area contributed by atoms with Crippen LogP contribution < -0.4 is 9.64 Å². The molecule has 1 aliphatic rings. The number of hydrogen-bond acceptors (Lipinski definition) is 6. The van der Waals surface area contributed by atoms with Crippen LogP contribution in [0.25, 0.3) is 33.4 Å². The van der Waals surface area contributed by atoms with E-state index in [2.05, 4.69) is 20.0 Å². The summed E-state index contributed by atoms with van der Waals surface area (Å²) in [5, 5.41) is 5.27. The molecule has 1 aliphatic heterocycles. The second-order valence-electron chi connectivity index (χ2n) is 7.73. The van der Waals surface area contributed by atoms with E-state index < -0.39 is 13.0 Å². The standard InChI is InChI=1S/C24H23F2N5O2/c1-32-21-12-19-17(11-20(21)30-7-9-33-10-8-30)24(28-15-27-19)18-13-31(14-22(25)26)29-23(18)16-5-3-2-4-6-16/h2-6,11-13,15,22H,7-10,14H2,1H3. The molecule has 3 heterocycles. The van der Waals surface area contributed by atoms with Crippen molar-refractivity contribution in [2.75, 3.05) is 38.3 Å². The summed E-state index contributed by atoms with van der Waals surface area (Å²) in [6.07, 6.45) is 0.598. The van der Waals surface area contributed by atoms with Gasteiger partial charge in [-0.25, -0.2) is 18.7 Å². The summed E-state index contributed by atoms with van der Waals surface area (Å²) in [5.74, 6) is 0.714. The lowest BCUT2D eigenvalue weighted by Gasteiger charge is -2.30. The lowest BCUT2D eigenvalue weighted by Crippen LogP contribution is -2.36. The molecule has 0 atom stereocenters. The zero-order valence-corrected chi connectivity index (χ0v) is 18.1. The quantitative estimate of drug-likeness (QED) is 0.436. The van der Waals surface area contributed by atoms with Gasteiger partial charge in [0.15, 0.2) is 0 Å². The highest BCUT2D eigenvalue weighted by Gasteiger charge is 2.22. The molecular weight excluding hydrogens is 428 g/mol. The molecule has 0 saturated carbocycles. The SMILES string of the molecule is COc1cc2ncnc(-c3cn(CC(F)F)nc3-c3ccccc3)c2cc1N1CCOCC1. The van der Waals surface area contributed by atoms with E-state index in [1.807, 2.05) is 42.5 Å². The Bertz CT molecular complexity index is 1260. The molecular formula is C24H23F2N5O2. The topological polar surface area (TPSA) is 65.3 Å². The number of alkyl halides is 2. The Morgan fingerprint density at radius 2 is 1.85 bits per heavy atom. The van der Waals surface area contributed by atoms with Gasteiger partial charge in [0.05, 0.1) is 37.2 Å². The summed E-state index contributed by atoms with van der Waals surface area (Å²) in [6, 6.07) is 13.4. The van der Waals surface area contributed by atoms with Gasteiger partial charge in [-0.15, -0.1) is 0 Å². The van der Waals surface area contributed by atoms with Crippen LogP contribution in [0.15, 0.2) is 55.0 Å². The van der Waals surface area contributed by atoms with E-state index in [0.29, 0.717) is 41.4 Å². The number of fused-ring (bicyclic) bond motifs is 1. The number of rotatable bonds is 6. The smallest absolute Gasteiger partial charge is 0.257 e. The van der Waals surface area contributed by atoms with E-state index in [-0.39, 0.29) is 0 Å². The van der Waals surface area contributed by atoms with Gasteiger partial charge in [0.25, 0.3) is 6.43 Å². The number of halogens is 2. The first-order valence-electron chi connectivity index (χ1n) is 10.7. The molecule has 0 amide bonds. The molecule has 2 aromatic carbocycles. The van der Waals surface area contributed by atoms with Gasteiger partial charge in [0.1, 0.15) is 24.3 Å². The number of hydrogen-bond donors (Lipinski definition) is 0. The Morgan fingerprint density at radius 1 is 1.06 bits per heavy atom. The maximum atomic E-state index is 13.1. The average Bonchev–Trinajstić information content (AvgIpc) is 3.26. The van der Waals surface area contributed by atoms with Crippen molar-refractivity contribution in [1.82, 2.24) is 19.7 Å². The van der Waals surface area contributed by atoms with Crippen molar-refractivity contribution in [2.45, 2.75) is 13.0 Å². The zero-order chi connectivity index (χ0) is 22.8. The third kappa shape index (κ3) is 4.23. The number of morpholine rings is 1. The molecule has 0 spiro atoms. The number of benzene rings is 2. The van der Waals surface area contributed by atoms with E-state index in [4.69, 9.17) is 9.47 Å². The molecule has 2 aromatic heterocycles. The Balaban J connectivity index is 1.70. The molecule has 5 rings (SSSR count). The monoisotopic (exact) mass is 451 g/mol. The highest BCUT2D eigenvalue weighted by atomic mass is 19.3. The maximum Gasteiger partial charge on any atom is 0.257 e. The lowest BCUT2D eigenvalue weighted by atomic mass is 10.0. The molecule has 0 radical (unpaired) electrons. The van der Waals surface area contributed by atoms with Crippen molar-refractivity contribution in [3.05, 3.63) is 55.0 Å². The molecule has 9 heteroatoms. The first kappa shape index (κ1) is 21.3. The summed E-state index contributed by atoms with van der Waals surface area (Å²) >= 11 is 0. The van der Waals surface area contributed by atoms with Crippen molar-refractivity contribution < 1.29 is 18.3 Å². The molecule has 0 unspecified atom stereocenters. The summed E-state index contributed by atoms with van der Waals surface area (Å²) in [5.41, 5.74) is 4.36. The van der Waals surface area contributed by atoms with Crippen LogP contribution in [0.3, 0.4) is 0 Å². The Hall–Kier alpha value is -3.59.